The van der Waals surface area contributed by atoms with Crippen LogP contribution in [0.4, 0.5) is 0 Å². The molecule has 0 radical (unpaired) electrons. The number of hydrogen-bond donors (Lipinski definition) is 0. The maximum Gasteiger partial charge on any atom is 0.0282 e. The molecule has 1 atom stereocenters. The van der Waals surface area contributed by atoms with Gasteiger partial charge in [0.2, 0.25) is 0 Å². The van der Waals surface area contributed by atoms with Crippen LogP contribution in [0.3, 0.4) is 0 Å². The molecule has 0 aromatic carbocycles. The molecule has 3 rings (SSSR count). The van der Waals surface area contributed by atoms with Crippen LogP contribution in [0, 0.1) is 0 Å². The summed E-state index contributed by atoms with van der Waals surface area (Å²) < 4.78 is 2.41. The summed E-state index contributed by atoms with van der Waals surface area (Å²) in [7, 11) is 0. The summed E-state index contributed by atoms with van der Waals surface area (Å²) in [5.41, 5.74) is 3.05. The maximum atomic E-state index is 2.41. The number of aromatic nitrogens is 1. The van der Waals surface area contributed by atoms with Crippen LogP contribution in [0.1, 0.15) is 30.0 Å². The highest BCUT2D eigenvalue weighted by Gasteiger charge is 2.25. The van der Waals surface area contributed by atoms with Crippen molar-refractivity contribution in [3.63, 3.8) is 0 Å². The molecule has 2 heterocycles. The lowest BCUT2D eigenvalue weighted by atomic mass is 9.93. The second-order valence-electron chi connectivity index (χ2n) is 3.47. The summed E-state index contributed by atoms with van der Waals surface area (Å²) >= 11 is 0. The van der Waals surface area contributed by atoms with Gasteiger partial charge in [0.25, 0.3) is 0 Å². The van der Waals surface area contributed by atoms with Crippen molar-refractivity contribution in [2.24, 2.45) is 0 Å². The van der Waals surface area contributed by atoms with E-state index in [1.165, 1.54) is 24.9 Å². The molecule has 0 spiro atoms. The minimum atomic E-state index is 0.838. The Balaban J connectivity index is 2.30. The lowest BCUT2D eigenvalue weighted by Crippen LogP contribution is -1.97. The minimum absolute atomic E-state index is 0.838. The molecule has 0 bridgehead atoms. The first kappa shape index (κ1) is 5.64. The number of nitrogens with zero attached hydrogens (tertiary/aromatic N) is 1. The van der Waals surface area contributed by atoms with E-state index in [4.69, 9.17) is 0 Å². The van der Waals surface area contributed by atoms with Gasteiger partial charge in [0, 0.05) is 24.4 Å². The Morgan fingerprint density at radius 2 is 2.45 bits per heavy atom. The highest BCUT2D eigenvalue weighted by molar-refractivity contribution is 5.57. The molecule has 0 N–H and O–H groups in total. The van der Waals surface area contributed by atoms with Gasteiger partial charge in [-0.2, -0.15) is 0 Å². The van der Waals surface area contributed by atoms with E-state index in [1.807, 2.05) is 0 Å². The number of rotatable bonds is 0. The van der Waals surface area contributed by atoms with Gasteiger partial charge in [-0.3, -0.25) is 0 Å². The molecule has 56 valence electrons. The van der Waals surface area contributed by atoms with E-state index in [9.17, 15) is 0 Å². The van der Waals surface area contributed by atoms with Gasteiger partial charge in [-0.05, 0) is 24.5 Å². The van der Waals surface area contributed by atoms with Crippen molar-refractivity contribution in [1.29, 1.82) is 0 Å². The summed E-state index contributed by atoms with van der Waals surface area (Å²) in [6, 6.07) is 2.23. The average molecular weight is 145 g/mol. The topological polar surface area (TPSA) is 4.93 Å². The zero-order chi connectivity index (χ0) is 7.26. The lowest BCUT2D eigenvalue weighted by Gasteiger charge is -2.11. The van der Waals surface area contributed by atoms with Gasteiger partial charge in [0.15, 0.2) is 0 Å². The van der Waals surface area contributed by atoms with Crippen LogP contribution in [0.15, 0.2) is 18.3 Å². The Kier molecular flexibility index (Phi) is 0.916. The smallest absolute Gasteiger partial charge is 0.0282 e. The van der Waals surface area contributed by atoms with E-state index in [0.717, 1.165) is 5.92 Å². The van der Waals surface area contributed by atoms with Crippen LogP contribution >= 0.6 is 0 Å². The largest absolute Gasteiger partial charge is 0.351 e. The molecule has 1 heteroatoms. The first-order valence-electron chi connectivity index (χ1n) is 4.31. The van der Waals surface area contributed by atoms with E-state index in [2.05, 4.69) is 29.0 Å². The van der Waals surface area contributed by atoms with Gasteiger partial charge in [-0.15, -0.1) is 0 Å². The van der Waals surface area contributed by atoms with Crippen LogP contribution in [0.5, 0.6) is 0 Å². The first-order chi connectivity index (χ1) is 5.45. The van der Waals surface area contributed by atoms with E-state index in [-0.39, 0.29) is 0 Å². The maximum absolute atomic E-state index is 2.41. The normalized spacial score (nSPS) is 25.6. The molecule has 1 aliphatic carbocycles. The predicted molar refractivity (Wildman–Crippen MR) is 45.4 cm³/mol. The number of allylic oxidation sites excluding steroid dienone is 1. The average Bonchev–Trinajstić information content (AvgIpc) is 2.60. The van der Waals surface area contributed by atoms with Gasteiger partial charge in [0.05, 0.1) is 0 Å². The van der Waals surface area contributed by atoms with Crippen molar-refractivity contribution in [3.8, 4) is 0 Å². The van der Waals surface area contributed by atoms with Crippen molar-refractivity contribution >= 4 is 6.08 Å². The SMILES string of the molecule is C1=Cc2ccn3c2C(C1)CC3. The summed E-state index contributed by atoms with van der Waals surface area (Å²) in [5, 5.41) is 0. The third-order valence-corrected chi connectivity index (χ3v) is 2.86. The molecule has 1 aliphatic heterocycles. The van der Waals surface area contributed by atoms with E-state index in [1.54, 1.807) is 5.69 Å². The zero-order valence-corrected chi connectivity index (χ0v) is 6.46. The molecule has 2 aliphatic rings. The summed E-state index contributed by atoms with van der Waals surface area (Å²) in [4.78, 5) is 0. The van der Waals surface area contributed by atoms with Gasteiger partial charge in [-0.25, -0.2) is 0 Å². The molecule has 1 aromatic heterocycles. The second-order valence-corrected chi connectivity index (χ2v) is 3.47. The van der Waals surface area contributed by atoms with Crippen molar-refractivity contribution in [3.05, 3.63) is 29.6 Å². The van der Waals surface area contributed by atoms with Crippen molar-refractivity contribution in [2.75, 3.05) is 0 Å². The molecule has 0 fully saturated rings. The number of aryl methyl sites for hydroxylation is 1. The number of hydrogen-bond acceptors (Lipinski definition) is 0. The van der Waals surface area contributed by atoms with Gasteiger partial charge < -0.3 is 4.57 Å². The van der Waals surface area contributed by atoms with E-state index >= 15 is 0 Å². The van der Waals surface area contributed by atoms with Crippen LogP contribution in [0.25, 0.3) is 6.08 Å². The third kappa shape index (κ3) is 0.609. The third-order valence-electron chi connectivity index (χ3n) is 2.86. The monoisotopic (exact) mass is 145 g/mol. The lowest BCUT2D eigenvalue weighted by molar-refractivity contribution is 0.666. The van der Waals surface area contributed by atoms with Crippen molar-refractivity contribution < 1.29 is 0 Å². The first-order valence-corrected chi connectivity index (χ1v) is 4.31. The molecule has 0 saturated carbocycles. The Hall–Kier alpha value is -0.980. The van der Waals surface area contributed by atoms with Crippen molar-refractivity contribution in [1.82, 2.24) is 4.57 Å². The van der Waals surface area contributed by atoms with Crippen molar-refractivity contribution in [2.45, 2.75) is 25.3 Å². The Bertz CT molecular complexity index is 320. The van der Waals surface area contributed by atoms with E-state index < -0.39 is 0 Å². The van der Waals surface area contributed by atoms with Crippen LogP contribution < -0.4 is 0 Å². The molecule has 11 heavy (non-hydrogen) atoms. The Labute approximate surface area is 66.3 Å². The molecule has 1 nitrogen and oxygen atoms in total. The fraction of sp³-hybridized carbons (Fsp3) is 0.400. The summed E-state index contributed by atoms with van der Waals surface area (Å²) in [6.45, 7) is 1.24. The highest BCUT2D eigenvalue weighted by atomic mass is 15.0. The molecule has 0 saturated heterocycles. The van der Waals surface area contributed by atoms with Gasteiger partial charge in [-0.1, -0.05) is 12.2 Å². The van der Waals surface area contributed by atoms with Gasteiger partial charge >= 0.3 is 0 Å². The standard InChI is InChI=1S/C10H11N/c1-2-8-4-6-11-7-5-9(3-1)10(8)11/h1-2,4,6,9H,3,5,7H2. The van der Waals surface area contributed by atoms with Crippen LogP contribution in [-0.4, -0.2) is 4.57 Å². The van der Waals surface area contributed by atoms with Gasteiger partial charge in [0.1, 0.15) is 0 Å². The fourth-order valence-corrected chi connectivity index (χ4v) is 2.33. The fourth-order valence-electron chi connectivity index (χ4n) is 2.33. The molecular formula is C10H11N. The summed E-state index contributed by atoms with van der Waals surface area (Å²) in [5.74, 6) is 0.838. The Morgan fingerprint density at radius 1 is 1.45 bits per heavy atom. The zero-order valence-electron chi connectivity index (χ0n) is 6.46. The van der Waals surface area contributed by atoms with E-state index in [0.29, 0.717) is 0 Å². The molecule has 1 aromatic rings. The minimum Gasteiger partial charge on any atom is -0.351 e. The summed E-state index contributed by atoms with van der Waals surface area (Å²) in [6.07, 6.45) is 9.40. The molecular weight excluding hydrogens is 134 g/mol. The quantitative estimate of drug-likeness (QED) is 0.528. The predicted octanol–water partition coefficient (Wildman–Crippen LogP) is 2.39. The molecule has 0 amide bonds. The van der Waals surface area contributed by atoms with Crippen LogP contribution in [-0.2, 0) is 6.54 Å². The second kappa shape index (κ2) is 1.79. The van der Waals surface area contributed by atoms with Crippen LogP contribution in [0.2, 0.25) is 0 Å². The highest BCUT2D eigenvalue weighted by Crippen LogP contribution is 2.37. The Morgan fingerprint density at radius 3 is 3.45 bits per heavy atom. The molecule has 1 unspecified atom stereocenters.